The van der Waals surface area contributed by atoms with E-state index in [0.29, 0.717) is 5.88 Å². The fourth-order valence-corrected chi connectivity index (χ4v) is 3.45. The molecule has 0 radical (unpaired) electrons. The zero-order chi connectivity index (χ0) is 14.3. The maximum absolute atomic E-state index is 6.07. The van der Waals surface area contributed by atoms with E-state index < -0.39 is 0 Å². The van der Waals surface area contributed by atoms with Gasteiger partial charge < -0.3 is 0 Å². The Kier molecular flexibility index (Phi) is 3.89. The number of hydrogen-bond acceptors (Lipinski definition) is 1. The van der Waals surface area contributed by atoms with E-state index in [4.69, 9.17) is 11.6 Å². The van der Waals surface area contributed by atoms with Crippen LogP contribution in [0.25, 0.3) is 16.7 Å². The molecule has 0 aliphatic heterocycles. The van der Waals surface area contributed by atoms with Crippen LogP contribution in [0, 0.1) is 6.92 Å². The molecule has 3 aromatic rings. The van der Waals surface area contributed by atoms with E-state index in [1.807, 2.05) is 12.1 Å². The second-order valence-electron chi connectivity index (χ2n) is 4.58. The Bertz CT molecular complexity index is 796. The van der Waals surface area contributed by atoms with Crippen LogP contribution in [0.15, 0.2) is 45.3 Å². The highest BCUT2D eigenvalue weighted by Gasteiger charge is 2.14. The van der Waals surface area contributed by atoms with Gasteiger partial charge in [0, 0.05) is 8.95 Å². The van der Waals surface area contributed by atoms with E-state index >= 15 is 0 Å². The Morgan fingerprint density at radius 1 is 1.15 bits per heavy atom. The molecule has 0 saturated carbocycles. The number of hydrogen-bond donors (Lipinski definition) is 0. The first-order valence-electron chi connectivity index (χ1n) is 6.09. The minimum atomic E-state index is 0.368. The normalized spacial score (nSPS) is 11.2. The van der Waals surface area contributed by atoms with Crippen molar-refractivity contribution in [3.63, 3.8) is 0 Å². The summed E-state index contributed by atoms with van der Waals surface area (Å²) in [7, 11) is 0. The van der Waals surface area contributed by atoms with Crippen molar-refractivity contribution in [1.29, 1.82) is 0 Å². The molecule has 0 aliphatic carbocycles. The minimum absolute atomic E-state index is 0.368. The Morgan fingerprint density at radius 2 is 1.95 bits per heavy atom. The first kappa shape index (κ1) is 14.1. The van der Waals surface area contributed by atoms with Crippen molar-refractivity contribution in [2.45, 2.75) is 12.8 Å². The average Bonchev–Trinajstić information content (AvgIpc) is 2.76. The van der Waals surface area contributed by atoms with Crippen molar-refractivity contribution in [2.75, 3.05) is 0 Å². The lowest BCUT2D eigenvalue weighted by Gasteiger charge is -2.10. The lowest BCUT2D eigenvalue weighted by atomic mass is 10.2. The molecule has 5 heteroatoms. The van der Waals surface area contributed by atoms with Crippen molar-refractivity contribution >= 4 is 54.5 Å². The molecule has 0 N–H and O–H groups in total. The molecule has 2 aromatic carbocycles. The van der Waals surface area contributed by atoms with Crippen LogP contribution in [0.1, 0.15) is 11.4 Å². The van der Waals surface area contributed by atoms with E-state index in [1.54, 1.807) is 0 Å². The standard InChI is InChI=1S/C15H11Br2ClN2/c1-9-2-4-13(11(17)6-9)20-14-5-3-10(16)7-12(14)19-15(20)8-18/h2-7H,8H2,1H3. The van der Waals surface area contributed by atoms with Gasteiger partial charge in [0.15, 0.2) is 0 Å². The summed E-state index contributed by atoms with van der Waals surface area (Å²) in [5.41, 5.74) is 4.24. The number of nitrogens with zero attached hydrogens (tertiary/aromatic N) is 2. The number of aryl methyl sites for hydroxylation is 1. The van der Waals surface area contributed by atoms with Gasteiger partial charge in [-0.15, -0.1) is 11.6 Å². The molecule has 102 valence electrons. The number of aromatic nitrogens is 2. The van der Waals surface area contributed by atoms with Crippen LogP contribution < -0.4 is 0 Å². The van der Waals surface area contributed by atoms with Gasteiger partial charge in [-0.2, -0.15) is 0 Å². The number of halogens is 3. The van der Waals surface area contributed by atoms with Gasteiger partial charge in [-0.3, -0.25) is 4.57 Å². The topological polar surface area (TPSA) is 17.8 Å². The van der Waals surface area contributed by atoms with Gasteiger partial charge in [-0.25, -0.2) is 4.98 Å². The Labute approximate surface area is 139 Å². The first-order chi connectivity index (χ1) is 9.60. The predicted molar refractivity (Wildman–Crippen MR) is 90.8 cm³/mol. The number of rotatable bonds is 2. The van der Waals surface area contributed by atoms with E-state index in [9.17, 15) is 0 Å². The van der Waals surface area contributed by atoms with Crippen LogP contribution in [-0.4, -0.2) is 9.55 Å². The summed E-state index contributed by atoms with van der Waals surface area (Å²) in [5, 5.41) is 0. The highest BCUT2D eigenvalue weighted by atomic mass is 79.9. The lowest BCUT2D eigenvalue weighted by Crippen LogP contribution is -2.00. The fraction of sp³-hybridized carbons (Fsp3) is 0.133. The third-order valence-electron chi connectivity index (χ3n) is 3.15. The third kappa shape index (κ3) is 2.41. The van der Waals surface area contributed by atoms with E-state index in [2.05, 4.69) is 72.6 Å². The second-order valence-corrected chi connectivity index (χ2v) is 6.62. The molecule has 0 unspecified atom stereocenters. The molecule has 0 spiro atoms. The number of imidazole rings is 1. The minimum Gasteiger partial charge on any atom is -0.294 e. The Hall–Kier alpha value is -0.840. The predicted octanol–water partition coefficient (Wildman–Crippen LogP) is 5.60. The molecule has 20 heavy (non-hydrogen) atoms. The Morgan fingerprint density at radius 3 is 2.65 bits per heavy atom. The zero-order valence-electron chi connectivity index (χ0n) is 10.7. The van der Waals surface area contributed by atoms with Crippen LogP contribution in [-0.2, 0) is 5.88 Å². The van der Waals surface area contributed by atoms with Crippen LogP contribution in [0.5, 0.6) is 0 Å². The monoisotopic (exact) mass is 412 g/mol. The van der Waals surface area contributed by atoms with Crippen molar-refractivity contribution < 1.29 is 0 Å². The number of alkyl halides is 1. The van der Waals surface area contributed by atoms with Crippen LogP contribution >= 0.6 is 43.5 Å². The molecule has 0 atom stereocenters. The van der Waals surface area contributed by atoms with E-state index in [0.717, 1.165) is 31.5 Å². The summed E-state index contributed by atoms with van der Waals surface area (Å²) in [6.45, 7) is 2.07. The van der Waals surface area contributed by atoms with Crippen LogP contribution in [0.4, 0.5) is 0 Å². The smallest absolute Gasteiger partial charge is 0.129 e. The van der Waals surface area contributed by atoms with Crippen LogP contribution in [0.3, 0.4) is 0 Å². The summed E-state index contributed by atoms with van der Waals surface area (Å²) in [4.78, 5) is 4.61. The summed E-state index contributed by atoms with van der Waals surface area (Å²) in [6.07, 6.45) is 0. The molecular weight excluding hydrogens is 403 g/mol. The quantitative estimate of drug-likeness (QED) is 0.499. The molecule has 1 heterocycles. The second kappa shape index (κ2) is 5.51. The average molecular weight is 415 g/mol. The third-order valence-corrected chi connectivity index (χ3v) is 4.52. The molecule has 3 rings (SSSR count). The molecule has 0 amide bonds. The van der Waals surface area contributed by atoms with Gasteiger partial charge in [-0.05, 0) is 58.7 Å². The SMILES string of the molecule is Cc1ccc(-n2c(CCl)nc3cc(Br)ccc32)c(Br)c1. The molecule has 0 saturated heterocycles. The molecule has 1 aromatic heterocycles. The molecular formula is C15H11Br2ClN2. The molecule has 2 nitrogen and oxygen atoms in total. The molecule has 0 fully saturated rings. The van der Waals surface area contributed by atoms with Gasteiger partial charge >= 0.3 is 0 Å². The van der Waals surface area contributed by atoms with Gasteiger partial charge in [0.2, 0.25) is 0 Å². The Balaban J connectivity index is 2.34. The van der Waals surface area contributed by atoms with Crippen LogP contribution in [0.2, 0.25) is 0 Å². The maximum atomic E-state index is 6.07. The fourth-order valence-electron chi connectivity index (χ4n) is 2.26. The van der Waals surface area contributed by atoms with Gasteiger partial charge in [0.05, 0.1) is 22.6 Å². The highest BCUT2D eigenvalue weighted by molar-refractivity contribution is 9.10. The van der Waals surface area contributed by atoms with Gasteiger partial charge in [0.25, 0.3) is 0 Å². The molecule has 0 bridgehead atoms. The largest absolute Gasteiger partial charge is 0.294 e. The van der Waals surface area contributed by atoms with Gasteiger partial charge in [-0.1, -0.05) is 22.0 Å². The first-order valence-corrected chi connectivity index (χ1v) is 8.21. The highest BCUT2D eigenvalue weighted by Crippen LogP contribution is 2.29. The zero-order valence-corrected chi connectivity index (χ0v) is 14.6. The van der Waals surface area contributed by atoms with Crippen molar-refractivity contribution in [3.8, 4) is 5.69 Å². The summed E-state index contributed by atoms with van der Waals surface area (Å²) >= 11 is 13.2. The summed E-state index contributed by atoms with van der Waals surface area (Å²) in [6, 6.07) is 12.3. The molecule has 0 aliphatic rings. The van der Waals surface area contributed by atoms with Gasteiger partial charge in [0.1, 0.15) is 5.82 Å². The lowest BCUT2D eigenvalue weighted by molar-refractivity contribution is 0.976. The number of fused-ring (bicyclic) bond motifs is 1. The maximum Gasteiger partial charge on any atom is 0.129 e. The summed E-state index contributed by atoms with van der Waals surface area (Å²) in [5.74, 6) is 1.21. The van der Waals surface area contributed by atoms with E-state index in [-0.39, 0.29) is 0 Å². The van der Waals surface area contributed by atoms with Crippen molar-refractivity contribution in [1.82, 2.24) is 9.55 Å². The van der Waals surface area contributed by atoms with E-state index in [1.165, 1.54) is 5.56 Å². The summed E-state index contributed by atoms with van der Waals surface area (Å²) < 4.78 is 4.14. The van der Waals surface area contributed by atoms with Crippen molar-refractivity contribution in [3.05, 3.63) is 56.7 Å². The van der Waals surface area contributed by atoms with Crippen molar-refractivity contribution in [2.24, 2.45) is 0 Å². The number of benzene rings is 2.